The van der Waals surface area contributed by atoms with Crippen LogP contribution in [0.5, 0.6) is 0 Å². The number of aliphatic hydroxyl groups is 1. The monoisotopic (exact) mass is 297 g/mol. The lowest BCUT2D eigenvalue weighted by Gasteiger charge is -2.37. The maximum absolute atomic E-state index is 12.5. The van der Waals surface area contributed by atoms with Gasteiger partial charge in [-0.2, -0.15) is 0 Å². The molecule has 0 radical (unpaired) electrons. The maximum Gasteiger partial charge on any atom is 0.310 e. The number of nitrogens with zero attached hydrogens (tertiary/aromatic N) is 1. The van der Waals surface area contributed by atoms with E-state index in [2.05, 4.69) is 0 Å². The van der Waals surface area contributed by atoms with Gasteiger partial charge in [-0.25, -0.2) is 0 Å². The van der Waals surface area contributed by atoms with Crippen LogP contribution in [0.1, 0.15) is 57.8 Å². The Hall–Kier alpha value is -1.10. The van der Waals surface area contributed by atoms with Crippen molar-refractivity contribution in [1.29, 1.82) is 0 Å². The molecule has 1 aliphatic heterocycles. The van der Waals surface area contributed by atoms with Crippen LogP contribution in [-0.4, -0.2) is 46.7 Å². The van der Waals surface area contributed by atoms with E-state index in [1.54, 1.807) is 0 Å². The Morgan fingerprint density at radius 3 is 2.48 bits per heavy atom. The number of amides is 1. The van der Waals surface area contributed by atoms with E-state index in [1.165, 1.54) is 0 Å². The average molecular weight is 297 g/mol. The molecule has 120 valence electrons. The molecule has 0 aromatic rings. The number of carboxylic acid groups (broad SMARTS) is 1. The van der Waals surface area contributed by atoms with Crippen LogP contribution in [0.2, 0.25) is 0 Å². The summed E-state index contributed by atoms with van der Waals surface area (Å²) in [5, 5.41) is 18.6. The first-order valence-corrected chi connectivity index (χ1v) is 8.19. The quantitative estimate of drug-likeness (QED) is 0.814. The second-order valence-electron chi connectivity index (χ2n) is 6.68. The highest BCUT2D eigenvalue weighted by molar-refractivity contribution is 5.85. The van der Waals surface area contributed by atoms with E-state index in [-0.39, 0.29) is 18.9 Å². The first-order valence-electron chi connectivity index (χ1n) is 8.19. The minimum absolute atomic E-state index is 0.0121. The molecule has 1 saturated carbocycles. The Morgan fingerprint density at radius 1 is 1.14 bits per heavy atom. The van der Waals surface area contributed by atoms with Gasteiger partial charge < -0.3 is 15.1 Å². The number of piperidine rings is 1. The predicted octanol–water partition coefficient (Wildman–Crippen LogP) is 2.03. The molecule has 5 heteroatoms. The van der Waals surface area contributed by atoms with Gasteiger partial charge in [-0.3, -0.25) is 9.59 Å². The highest BCUT2D eigenvalue weighted by Gasteiger charge is 2.42. The fourth-order valence-electron chi connectivity index (χ4n) is 3.81. The minimum atomic E-state index is -0.834. The number of carboxylic acids is 1. The first-order chi connectivity index (χ1) is 10.1. The number of carbonyl (C=O) groups excluding carboxylic acids is 1. The number of hydrogen-bond donors (Lipinski definition) is 2. The van der Waals surface area contributed by atoms with Gasteiger partial charge >= 0.3 is 5.97 Å². The van der Waals surface area contributed by atoms with Crippen LogP contribution in [0.25, 0.3) is 0 Å². The van der Waals surface area contributed by atoms with Crippen LogP contribution >= 0.6 is 0 Å². The van der Waals surface area contributed by atoms with Crippen molar-refractivity contribution in [2.24, 2.45) is 11.3 Å². The van der Waals surface area contributed by atoms with Gasteiger partial charge in [0.15, 0.2) is 0 Å². The molecule has 0 aromatic heterocycles. The standard InChI is InChI=1S/C16H27NO4/c18-10-6-13-5-4-9-17(12-13)14(19)11-16(15(20)21)7-2-1-3-8-16/h13,18H,1-12H2,(H,20,21). The van der Waals surface area contributed by atoms with Crippen molar-refractivity contribution in [3.05, 3.63) is 0 Å². The molecule has 1 unspecified atom stereocenters. The van der Waals surface area contributed by atoms with Gasteiger partial charge in [0.05, 0.1) is 5.41 Å². The summed E-state index contributed by atoms with van der Waals surface area (Å²) >= 11 is 0. The number of likely N-dealkylation sites (tertiary alicyclic amines) is 1. The lowest BCUT2D eigenvalue weighted by atomic mass is 9.71. The van der Waals surface area contributed by atoms with E-state index >= 15 is 0 Å². The normalized spacial score (nSPS) is 25.6. The summed E-state index contributed by atoms with van der Waals surface area (Å²) in [6, 6.07) is 0. The van der Waals surface area contributed by atoms with Gasteiger partial charge in [0.1, 0.15) is 0 Å². The van der Waals surface area contributed by atoms with Gasteiger partial charge in [-0.15, -0.1) is 0 Å². The number of hydrogen-bond acceptors (Lipinski definition) is 3. The number of aliphatic carboxylic acids is 1. The highest BCUT2D eigenvalue weighted by atomic mass is 16.4. The van der Waals surface area contributed by atoms with Crippen LogP contribution in [0.15, 0.2) is 0 Å². The predicted molar refractivity (Wildman–Crippen MR) is 78.8 cm³/mol. The third-order valence-corrected chi connectivity index (χ3v) is 5.16. The van der Waals surface area contributed by atoms with Crippen molar-refractivity contribution in [1.82, 2.24) is 4.90 Å². The summed E-state index contributed by atoms with van der Waals surface area (Å²) in [5.41, 5.74) is -0.834. The van der Waals surface area contributed by atoms with E-state index in [1.807, 2.05) is 4.90 Å². The van der Waals surface area contributed by atoms with E-state index in [0.29, 0.717) is 25.3 Å². The Balaban J connectivity index is 1.97. The van der Waals surface area contributed by atoms with Crippen molar-refractivity contribution in [2.75, 3.05) is 19.7 Å². The Bertz CT molecular complexity index is 374. The third-order valence-electron chi connectivity index (χ3n) is 5.16. The summed E-state index contributed by atoms with van der Waals surface area (Å²) in [4.78, 5) is 26.0. The van der Waals surface area contributed by atoms with Crippen molar-refractivity contribution in [3.8, 4) is 0 Å². The van der Waals surface area contributed by atoms with Crippen LogP contribution < -0.4 is 0 Å². The molecule has 2 rings (SSSR count). The van der Waals surface area contributed by atoms with Crippen molar-refractivity contribution >= 4 is 11.9 Å². The van der Waals surface area contributed by atoms with E-state index in [0.717, 1.165) is 45.1 Å². The molecular weight excluding hydrogens is 270 g/mol. The second-order valence-corrected chi connectivity index (χ2v) is 6.68. The molecule has 2 N–H and O–H groups in total. The number of aliphatic hydroxyl groups excluding tert-OH is 1. The van der Waals surface area contributed by atoms with Gasteiger partial charge in [-0.1, -0.05) is 19.3 Å². The highest BCUT2D eigenvalue weighted by Crippen LogP contribution is 2.40. The summed E-state index contributed by atoms with van der Waals surface area (Å²) in [7, 11) is 0. The van der Waals surface area contributed by atoms with Crippen molar-refractivity contribution in [2.45, 2.75) is 57.8 Å². The molecule has 5 nitrogen and oxygen atoms in total. The van der Waals surface area contributed by atoms with Crippen LogP contribution in [0.4, 0.5) is 0 Å². The summed E-state index contributed by atoms with van der Waals surface area (Å²) in [6.07, 6.45) is 7.03. The molecule has 2 fully saturated rings. The molecule has 1 amide bonds. The molecular formula is C16H27NO4. The SMILES string of the molecule is O=C(CC1(C(=O)O)CCCCC1)N1CCCC(CCO)C1. The zero-order valence-electron chi connectivity index (χ0n) is 12.7. The number of rotatable bonds is 5. The summed E-state index contributed by atoms with van der Waals surface area (Å²) < 4.78 is 0. The molecule has 1 aliphatic carbocycles. The van der Waals surface area contributed by atoms with Crippen LogP contribution in [0, 0.1) is 11.3 Å². The summed E-state index contributed by atoms with van der Waals surface area (Å²) in [5.74, 6) is -0.457. The van der Waals surface area contributed by atoms with Gasteiger partial charge in [0, 0.05) is 26.1 Å². The van der Waals surface area contributed by atoms with Gasteiger partial charge in [0.25, 0.3) is 0 Å². The second kappa shape index (κ2) is 7.25. The molecule has 2 aliphatic rings. The fourth-order valence-corrected chi connectivity index (χ4v) is 3.81. The lowest BCUT2D eigenvalue weighted by molar-refractivity contribution is -0.156. The van der Waals surface area contributed by atoms with Crippen molar-refractivity contribution in [3.63, 3.8) is 0 Å². The molecule has 0 spiro atoms. The number of carbonyl (C=O) groups is 2. The molecule has 1 saturated heterocycles. The largest absolute Gasteiger partial charge is 0.481 e. The van der Waals surface area contributed by atoms with E-state index < -0.39 is 11.4 Å². The first kappa shape index (κ1) is 16.3. The van der Waals surface area contributed by atoms with Crippen LogP contribution in [-0.2, 0) is 9.59 Å². The fraction of sp³-hybridized carbons (Fsp3) is 0.875. The Labute approximate surface area is 126 Å². The molecule has 21 heavy (non-hydrogen) atoms. The zero-order chi connectivity index (χ0) is 15.3. The van der Waals surface area contributed by atoms with E-state index in [4.69, 9.17) is 5.11 Å². The van der Waals surface area contributed by atoms with Crippen LogP contribution in [0.3, 0.4) is 0 Å². The van der Waals surface area contributed by atoms with E-state index in [9.17, 15) is 14.7 Å². The minimum Gasteiger partial charge on any atom is -0.481 e. The Morgan fingerprint density at radius 2 is 1.86 bits per heavy atom. The lowest BCUT2D eigenvalue weighted by Crippen LogP contribution is -2.44. The average Bonchev–Trinajstić information content (AvgIpc) is 2.48. The topological polar surface area (TPSA) is 77.8 Å². The Kier molecular flexibility index (Phi) is 5.62. The third kappa shape index (κ3) is 3.96. The molecule has 1 heterocycles. The molecule has 0 bridgehead atoms. The zero-order valence-corrected chi connectivity index (χ0v) is 12.7. The van der Waals surface area contributed by atoms with Gasteiger partial charge in [0.2, 0.25) is 5.91 Å². The molecule has 0 aromatic carbocycles. The molecule has 1 atom stereocenters. The van der Waals surface area contributed by atoms with Crippen molar-refractivity contribution < 1.29 is 19.8 Å². The summed E-state index contributed by atoms with van der Waals surface area (Å²) in [6.45, 7) is 1.57. The van der Waals surface area contributed by atoms with Gasteiger partial charge in [-0.05, 0) is 38.0 Å². The maximum atomic E-state index is 12.5. The smallest absolute Gasteiger partial charge is 0.310 e.